The van der Waals surface area contributed by atoms with Gasteiger partial charge in [0.25, 0.3) is 0 Å². The molecule has 150 valence electrons. The molecule has 3 rings (SSSR count). The number of ether oxygens (including phenoxy) is 2. The van der Waals surface area contributed by atoms with Gasteiger partial charge in [-0.25, -0.2) is 0 Å². The molecule has 1 amide bonds. The summed E-state index contributed by atoms with van der Waals surface area (Å²) in [6, 6.07) is 17.6. The van der Waals surface area contributed by atoms with Gasteiger partial charge in [0, 0.05) is 44.8 Å². The van der Waals surface area contributed by atoms with Gasteiger partial charge in [-0.15, -0.1) is 0 Å². The first-order chi connectivity index (χ1) is 13.7. The Kier molecular flexibility index (Phi) is 7.70. The molecule has 0 aliphatic carbocycles. The zero-order chi connectivity index (χ0) is 19.6. The minimum absolute atomic E-state index is 0.0479. The monoisotopic (exact) mass is 383 g/mol. The molecule has 6 heteroatoms. The quantitative estimate of drug-likeness (QED) is 0.718. The molecule has 0 atom stereocenters. The highest BCUT2D eigenvalue weighted by molar-refractivity contribution is 5.78. The summed E-state index contributed by atoms with van der Waals surface area (Å²) < 4.78 is 11.1. The van der Waals surface area contributed by atoms with Gasteiger partial charge in [-0.2, -0.15) is 0 Å². The van der Waals surface area contributed by atoms with Crippen molar-refractivity contribution in [1.29, 1.82) is 0 Å². The molecule has 6 nitrogen and oxygen atoms in total. The molecule has 0 bridgehead atoms. The van der Waals surface area contributed by atoms with E-state index >= 15 is 0 Å². The number of amides is 1. The molecule has 0 aromatic heterocycles. The number of hydrogen-bond donors (Lipinski definition) is 1. The third kappa shape index (κ3) is 6.25. The van der Waals surface area contributed by atoms with Crippen LogP contribution in [0.15, 0.2) is 54.6 Å². The van der Waals surface area contributed by atoms with Crippen LogP contribution in [-0.2, 0) is 11.3 Å². The molecule has 1 aliphatic heterocycles. The molecule has 1 saturated heterocycles. The van der Waals surface area contributed by atoms with E-state index in [1.165, 1.54) is 0 Å². The number of hydrogen-bond acceptors (Lipinski definition) is 5. The van der Waals surface area contributed by atoms with Gasteiger partial charge in [0.1, 0.15) is 18.1 Å². The normalized spacial score (nSPS) is 15.2. The zero-order valence-electron chi connectivity index (χ0n) is 16.5. The SMILES string of the molecule is COc1ccccc1CNC(=O)CN1CCN(CCOc2ccccc2)CC1. The van der Waals surface area contributed by atoms with Crippen LogP contribution in [0, 0.1) is 0 Å². The van der Waals surface area contributed by atoms with E-state index in [0.717, 1.165) is 49.8 Å². The van der Waals surface area contributed by atoms with E-state index in [0.29, 0.717) is 19.7 Å². The van der Waals surface area contributed by atoms with Crippen LogP contribution in [0.5, 0.6) is 11.5 Å². The Bertz CT molecular complexity index is 731. The maximum atomic E-state index is 12.3. The van der Waals surface area contributed by atoms with E-state index in [9.17, 15) is 4.79 Å². The number of carbonyl (C=O) groups is 1. The molecular formula is C22H29N3O3. The van der Waals surface area contributed by atoms with Crippen molar-refractivity contribution in [2.45, 2.75) is 6.54 Å². The van der Waals surface area contributed by atoms with Crippen molar-refractivity contribution in [3.8, 4) is 11.5 Å². The van der Waals surface area contributed by atoms with Crippen molar-refractivity contribution in [3.05, 3.63) is 60.2 Å². The standard InChI is InChI=1S/C22H29N3O3/c1-27-21-10-6-5-7-19(21)17-23-22(26)18-25-13-11-24(12-14-25)15-16-28-20-8-3-2-4-9-20/h2-10H,11-18H2,1H3,(H,23,26). The third-order valence-corrected chi connectivity index (χ3v) is 4.92. The Morgan fingerprint density at radius 2 is 1.64 bits per heavy atom. The van der Waals surface area contributed by atoms with Crippen LogP contribution in [-0.4, -0.2) is 68.7 Å². The van der Waals surface area contributed by atoms with Crippen molar-refractivity contribution >= 4 is 5.91 Å². The van der Waals surface area contributed by atoms with Crippen LogP contribution in [0.1, 0.15) is 5.56 Å². The largest absolute Gasteiger partial charge is 0.496 e. The zero-order valence-corrected chi connectivity index (χ0v) is 16.5. The molecule has 0 unspecified atom stereocenters. The predicted molar refractivity (Wildman–Crippen MR) is 110 cm³/mol. The second kappa shape index (κ2) is 10.7. The second-order valence-corrected chi connectivity index (χ2v) is 6.87. The molecule has 1 N–H and O–H groups in total. The fraction of sp³-hybridized carbons (Fsp3) is 0.409. The van der Waals surface area contributed by atoms with E-state index in [-0.39, 0.29) is 5.91 Å². The number of nitrogens with one attached hydrogen (secondary N) is 1. The average Bonchev–Trinajstić information content (AvgIpc) is 2.74. The highest BCUT2D eigenvalue weighted by Crippen LogP contribution is 2.16. The van der Waals surface area contributed by atoms with E-state index in [2.05, 4.69) is 15.1 Å². The van der Waals surface area contributed by atoms with Gasteiger partial charge in [-0.1, -0.05) is 36.4 Å². The Morgan fingerprint density at radius 1 is 0.964 bits per heavy atom. The smallest absolute Gasteiger partial charge is 0.234 e. The lowest BCUT2D eigenvalue weighted by Gasteiger charge is -2.34. The second-order valence-electron chi connectivity index (χ2n) is 6.87. The number of piperazine rings is 1. The lowest BCUT2D eigenvalue weighted by molar-refractivity contribution is -0.122. The third-order valence-electron chi connectivity index (χ3n) is 4.92. The minimum Gasteiger partial charge on any atom is -0.496 e. The summed E-state index contributed by atoms with van der Waals surface area (Å²) in [6.45, 7) is 6.21. The van der Waals surface area contributed by atoms with Gasteiger partial charge in [0.05, 0.1) is 13.7 Å². The van der Waals surface area contributed by atoms with Gasteiger partial charge in [-0.05, 0) is 18.2 Å². The first-order valence-electron chi connectivity index (χ1n) is 9.76. The topological polar surface area (TPSA) is 54.0 Å². The van der Waals surface area contributed by atoms with Crippen molar-refractivity contribution in [1.82, 2.24) is 15.1 Å². The molecule has 2 aromatic carbocycles. The lowest BCUT2D eigenvalue weighted by atomic mass is 10.2. The van der Waals surface area contributed by atoms with Crippen molar-refractivity contribution in [2.24, 2.45) is 0 Å². The number of methoxy groups -OCH3 is 1. The Hall–Kier alpha value is -2.57. The Labute approximate surface area is 167 Å². The van der Waals surface area contributed by atoms with Gasteiger partial charge in [0.15, 0.2) is 0 Å². The fourth-order valence-electron chi connectivity index (χ4n) is 3.28. The maximum absolute atomic E-state index is 12.3. The van der Waals surface area contributed by atoms with Gasteiger partial charge in [-0.3, -0.25) is 14.6 Å². The van der Waals surface area contributed by atoms with Crippen LogP contribution in [0.4, 0.5) is 0 Å². The molecule has 0 saturated carbocycles. The number of benzene rings is 2. The van der Waals surface area contributed by atoms with Crippen LogP contribution < -0.4 is 14.8 Å². The van der Waals surface area contributed by atoms with Gasteiger partial charge in [0.2, 0.25) is 5.91 Å². The predicted octanol–water partition coefficient (Wildman–Crippen LogP) is 2.01. The Balaban J connectivity index is 1.32. The first kappa shape index (κ1) is 20.2. The molecule has 1 fully saturated rings. The summed E-state index contributed by atoms with van der Waals surface area (Å²) in [6.07, 6.45) is 0. The number of para-hydroxylation sites is 2. The van der Waals surface area contributed by atoms with E-state index in [1.807, 2.05) is 54.6 Å². The molecular weight excluding hydrogens is 354 g/mol. The molecule has 1 aliphatic rings. The lowest BCUT2D eigenvalue weighted by Crippen LogP contribution is -2.50. The summed E-state index contributed by atoms with van der Waals surface area (Å²) in [5.74, 6) is 1.76. The number of rotatable bonds is 9. The van der Waals surface area contributed by atoms with E-state index in [4.69, 9.17) is 9.47 Å². The van der Waals surface area contributed by atoms with Crippen molar-refractivity contribution in [3.63, 3.8) is 0 Å². The number of carbonyl (C=O) groups excluding carboxylic acids is 1. The molecule has 0 spiro atoms. The van der Waals surface area contributed by atoms with Gasteiger partial charge < -0.3 is 14.8 Å². The van der Waals surface area contributed by atoms with Crippen LogP contribution in [0.2, 0.25) is 0 Å². The summed E-state index contributed by atoms with van der Waals surface area (Å²) in [7, 11) is 1.64. The summed E-state index contributed by atoms with van der Waals surface area (Å²) in [5.41, 5.74) is 0.988. The first-order valence-corrected chi connectivity index (χ1v) is 9.76. The van der Waals surface area contributed by atoms with E-state index in [1.54, 1.807) is 7.11 Å². The molecule has 2 aromatic rings. The van der Waals surface area contributed by atoms with Crippen LogP contribution in [0.3, 0.4) is 0 Å². The summed E-state index contributed by atoms with van der Waals surface area (Å²) in [4.78, 5) is 16.8. The Morgan fingerprint density at radius 3 is 2.39 bits per heavy atom. The van der Waals surface area contributed by atoms with Gasteiger partial charge >= 0.3 is 0 Å². The maximum Gasteiger partial charge on any atom is 0.234 e. The molecule has 0 radical (unpaired) electrons. The fourth-order valence-corrected chi connectivity index (χ4v) is 3.28. The van der Waals surface area contributed by atoms with Crippen LogP contribution in [0.25, 0.3) is 0 Å². The number of nitrogens with zero attached hydrogens (tertiary/aromatic N) is 2. The van der Waals surface area contributed by atoms with E-state index < -0.39 is 0 Å². The minimum atomic E-state index is 0.0479. The summed E-state index contributed by atoms with van der Waals surface area (Å²) >= 11 is 0. The average molecular weight is 383 g/mol. The van der Waals surface area contributed by atoms with Crippen molar-refractivity contribution < 1.29 is 14.3 Å². The highest BCUT2D eigenvalue weighted by Gasteiger charge is 2.18. The van der Waals surface area contributed by atoms with Crippen molar-refractivity contribution in [2.75, 3.05) is 53.0 Å². The molecule has 28 heavy (non-hydrogen) atoms. The highest BCUT2D eigenvalue weighted by atomic mass is 16.5. The molecule has 1 heterocycles. The summed E-state index contributed by atoms with van der Waals surface area (Å²) in [5, 5.41) is 2.99. The van der Waals surface area contributed by atoms with Crippen LogP contribution >= 0.6 is 0 Å².